The molecule has 0 bridgehead atoms. The van der Waals surface area contributed by atoms with Gasteiger partial charge in [0.1, 0.15) is 0 Å². The average Bonchev–Trinajstić information content (AvgIpc) is 3.00. The van der Waals surface area contributed by atoms with Gasteiger partial charge < -0.3 is 10.1 Å². The summed E-state index contributed by atoms with van der Waals surface area (Å²) in [6.45, 7) is 0. The van der Waals surface area contributed by atoms with Gasteiger partial charge in [0, 0.05) is 10.6 Å². The van der Waals surface area contributed by atoms with Crippen molar-refractivity contribution in [2.45, 2.75) is 18.9 Å². The number of halogens is 2. The Kier molecular flexibility index (Phi) is 4.11. The van der Waals surface area contributed by atoms with Gasteiger partial charge in [0.05, 0.1) is 28.1 Å². The number of fused-ring (bicyclic) bond motifs is 1. The van der Waals surface area contributed by atoms with Crippen LogP contribution >= 0.6 is 34.5 Å². The lowest BCUT2D eigenvalue weighted by Gasteiger charge is -2.15. The number of rotatable bonds is 3. The van der Waals surface area contributed by atoms with Crippen LogP contribution in [-0.2, 0) is 11.2 Å². The average molecular weight is 342 g/mol. The van der Waals surface area contributed by atoms with E-state index in [0.717, 1.165) is 22.9 Å². The van der Waals surface area contributed by atoms with Crippen molar-refractivity contribution in [1.29, 1.82) is 0 Å². The van der Waals surface area contributed by atoms with Crippen molar-refractivity contribution in [3.8, 4) is 0 Å². The molecular weight excluding hydrogens is 329 g/mol. The first-order chi connectivity index (χ1) is 10.1. The molecule has 110 valence electrons. The second-order valence-electron chi connectivity index (χ2n) is 4.85. The van der Waals surface area contributed by atoms with Gasteiger partial charge in [0.25, 0.3) is 0 Å². The number of carbonyl (C=O) groups excluding carboxylic acids is 1. The topological polar surface area (TPSA) is 38.3 Å². The number of esters is 1. The highest BCUT2D eigenvalue weighted by Crippen LogP contribution is 2.41. The molecule has 1 atom stereocenters. The van der Waals surface area contributed by atoms with Crippen LogP contribution in [0.1, 0.15) is 33.3 Å². The quantitative estimate of drug-likeness (QED) is 0.803. The van der Waals surface area contributed by atoms with Gasteiger partial charge in [-0.1, -0.05) is 23.2 Å². The summed E-state index contributed by atoms with van der Waals surface area (Å²) in [5.41, 5.74) is 2.46. The molecule has 1 aliphatic rings. The van der Waals surface area contributed by atoms with E-state index in [0.29, 0.717) is 10.6 Å². The Morgan fingerprint density at radius 3 is 2.95 bits per heavy atom. The number of nitrogens with one attached hydrogen (secondary N) is 1. The SMILES string of the molecule is COC(=O)c1cc(NC2CCc3sc(Cl)cc32)ccc1Cl. The zero-order valence-electron chi connectivity index (χ0n) is 11.3. The predicted octanol–water partition coefficient (Wildman–Crippen LogP) is 4.94. The number of carbonyl (C=O) groups is 1. The van der Waals surface area contributed by atoms with Crippen LogP contribution in [0.3, 0.4) is 0 Å². The van der Waals surface area contributed by atoms with Gasteiger partial charge in [-0.2, -0.15) is 0 Å². The second-order valence-corrected chi connectivity index (χ2v) is 7.03. The smallest absolute Gasteiger partial charge is 0.339 e. The van der Waals surface area contributed by atoms with Crippen molar-refractivity contribution >= 4 is 46.2 Å². The molecule has 3 nitrogen and oxygen atoms in total. The van der Waals surface area contributed by atoms with E-state index in [9.17, 15) is 4.79 Å². The Bertz CT molecular complexity index is 699. The fourth-order valence-corrected chi connectivity index (χ4v) is 4.11. The summed E-state index contributed by atoms with van der Waals surface area (Å²) in [5.74, 6) is -0.436. The molecule has 0 radical (unpaired) electrons. The second kappa shape index (κ2) is 5.87. The highest BCUT2D eigenvalue weighted by molar-refractivity contribution is 7.16. The molecule has 1 aliphatic carbocycles. The van der Waals surface area contributed by atoms with Crippen LogP contribution in [0.25, 0.3) is 0 Å². The van der Waals surface area contributed by atoms with Gasteiger partial charge in [-0.15, -0.1) is 11.3 Å². The summed E-state index contributed by atoms with van der Waals surface area (Å²) >= 11 is 13.7. The first-order valence-corrected chi connectivity index (χ1v) is 8.08. The van der Waals surface area contributed by atoms with E-state index in [1.807, 2.05) is 12.1 Å². The van der Waals surface area contributed by atoms with Crippen LogP contribution in [0.15, 0.2) is 24.3 Å². The summed E-state index contributed by atoms with van der Waals surface area (Å²) in [7, 11) is 1.34. The van der Waals surface area contributed by atoms with E-state index in [2.05, 4.69) is 5.32 Å². The third kappa shape index (κ3) is 2.89. The first-order valence-electron chi connectivity index (χ1n) is 6.51. The Morgan fingerprint density at radius 1 is 1.38 bits per heavy atom. The minimum Gasteiger partial charge on any atom is -0.465 e. The summed E-state index contributed by atoms with van der Waals surface area (Å²) in [4.78, 5) is 13.0. The first kappa shape index (κ1) is 14.7. The third-order valence-electron chi connectivity index (χ3n) is 3.56. The van der Waals surface area contributed by atoms with Gasteiger partial charge in [-0.05, 0) is 42.7 Å². The lowest BCUT2D eigenvalue weighted by atomic mass is 10.1. The molecule has 0 saturated heterocycles. The normalized spacial score (nSPS) is 16.6. The van der Waals surface area contributed by atoms with Crippen LogP contribution in [0.5, 0.6) is 0 Å². The molecular formula is C15H13Cl2NO2S. The molecule has 0 amide bonds. The number of hydrogen-bond donors (Lipinski definition) is 1. The number of aryl methyl sites for hydroxylation is 1. The third-order valence-corrected chi connectivity index (χ3v) is 5.23. The minimum absolute atomic E-state index is 0.218. The van der Waals surface area contributed by atoms with Crippen molar-refractivity contribution < 1.29 is 9.53 Å². The molecule has 3 rings (SSSR count). The van der Waals surface area contributed by atoms with E-state index in [-0.39, 0.29) is 6.04 Å². The predicted molar refractivity (Wildman–Crippen MR) is 86.8 cm³/mol. The van der Waals surface area contributed by atoms with E-state index in [1.54, 1.807) is 23.5 Å². The van der Waals surface area contributed by atoms with Crippen LogP contribution in [-0.4, -0.2) is 13.1 Å². The number of anilines is 1. The molecule has 0 fully saturated rings. The van der Waals surface area contributed by atoms with E-state index in [4.69, 9.17) is 27.9 Å². The van der Waals surface area contributed by atoms with Crippen molar-refractivity contribution in [1.82, 2.24) is 0 Å². The number of ether oxygens (including phenoxy) is 1. The van der Waals surface area contributed by atoms with E-state index in [1.165, 1.54) is 17.6 Å². The summed E-state index contributed by atoms with van der Waals surface area (Å²) < 4.78 is 5.55. The number of benzene rings is 1. The Hall–Kier alpha value is -1.23. The lowest BCUT2D eigenvalue weighted by molar-refractivity contribution is 0.0601. The maximum atomic E-state index is 11.7. The standard InChI is InChI=1S/C15H13Cl2NO2S/c1-20-15(19)9-6-8(2-3-11(9)16)18-12-4-5-13-10(12)7-14(17)21-13/h2-3,6-7,12,18H,4-5H2,1H3. The Balaban J connectivity index is 1.84. The Morgan fingerprint density at radius 2 is 2.19 bits per heavy atom. The molecule has 1 heterocycles. The van der Waals surface area contributed by atoms with Gasteiger partial charge >= 0.3 is 5.97 Å². The van der Waals surface area contributed by atoms with Gasteiger partial charge in [-0.25, -0.2) is 4.79 Å². The molecule has 6 heteroatoms. The van der Waals surface area contributed by atoms with Crippen molar-refractivity contribution in [3.63, 3.8) is 0 Å². The van der Waals surface area contributed by atoms with Crippen molar-refractivity contribution in [2.24, 2.45) is 0 Å². The van der Waals surface area contributed by atoms with Gasteiger partial charge in [0.2, 0.25) is 0 Å². The highest BCUT2D eigenvalue weighted by Gasteiger charge is 2.25. The summed E-state index contributed by atoms with van der Waals surface area (Å²) in [6.07, 6.45) is 2.05. The van der Waals surface area contributed by atoms with Crippen LogP contribution in [0.4, 0.5) is 5.69 Å². The highest BCUT2D eigenvalue weighted by atomic mass is 35.5. The van der Waals surface area contributed by atoms with Gasteiger partial charge in [-0.3, -0.25) is 0 Å². The van der Waals surface area contributed by atoms with Crippen molar-refractivity contribution in [2.75, 3.05) is 12.4 Å². The summed E-state index contributed by atoms with van der Waals surface area (Å²) in [5, 5.41) is 3.83. The maximum absolute atomic E-state index is 11.7. The molecule has 0 spiro atoms. The maximum Gasteiger partial charge on any atom is 0.339 e. The minimum atomic E-state index is -0.436. The van der Waals surface area contributed by atoms with Crippen molar-refractivity contribution in [3.05, 3.63) is 49.6 Å². The molecule has 1 N–H and O–H groups in total. The molecule has 1 aromatic heterocycles. The van der Waals surface area contributed by atoms with Crippen LogP contribution in [0, 0.1) is 0 Å². The molecule has 2 aromatic rings. The fourth-order valence-electron chi connectivity index (χ4n) is 2.56. The largest absolute Gasteiger partial charge is 0.465 e. The molecule has 1 unspecified atom stereocenters. The zero-order chi connectivity index (χ0) is 15.0. The number of thiophene rings is 1. The molecule has 0 aliphatic heterocycles. The number of hydrogen-bond acceptors (Lipinski definition) is 4. The zero-order valence-corrected chi connectivity index (χ0v) is 13.6. The molecule has 0 saturated carbocycles. The summed E-state index contributed by atoms with van der Waals surface area (Å²) in [6, 6.07) is 7.52. The lowest BCUT2D eigenvalue weighted by Crippen LogP contribution is -2.08. The molecule has 21 heavy (non-hydrogen) atoms. The fraction of sp³-hybridized carbons (Fsp3) is 0.267. The van der Waals surface area contributed by atoms with Crippen LogP contribution in [0.2, 0.25) is 9.36 Å². The number of methoxy groups -OCH3 is 1. The monoisotopic (exact) mass is 341 g/mol. The van der Waals surface area contributed by atoms with E-state index < -0.39 is 5.97 Å². The van der Waals surface area contributed by atoms with Crippen LogP contribution < -0.4 is 5.32 Å². The van der Waals surface area contributed by atoms with E-state index >= 15 is 0 Å². The Labute approximate surface area is 136 Å². The van der Waals surface area contributed by atoms with Gasteiger partial charge in [0.15, 0.2) is 0 Å². The molecule has 1 aromatic carbocycles.